The second-order valence-corrected chi connectivity index (χ2v) is 4.83. The zero-order chi connectivity index (χ0) is 14.0. The van der Waals surface area contributed by atoms with Gasteiger partial charge < -0.3 is 16.4 Å². The lowest BCUT2D eigenvalue weighted by Crippen LogP contribution is -2.41. The van der Waals surface area contributed by atoms with Crippen molar-refractivity contribution in [2.45, 2.75) is 31.7 Å². The molecule has 1 fully saturated rings. The Balaban J connectivity index is 2.42. The molecule has 1 aliphatic rings. The Morgan fingerprint density at radius 2 is 1.95 bits per heavy atom. The number of amides is 1. The van der Waals surface area contributed by atoms with Gasteiger partial charge in [-0.25, -0.2) is 8.78 Å². The Hall–Kier alpha value is -1.85. The van der Waals surface area contributed by atoms with Crippen LogP contribution in [0.15, 0.2) is 12.1 Å². The van der Waals surface area contributed by atoms with Crippen LogP contribution in [0.1, 0.15) is 25.7 Å². The normalized spacial score (nSPS) is 15.7. The van der Waals surface area contributed by atoms with E-state index in [4.69, 9.17) is 11.5 Å². The highest BCUT2D eigenvalue weighted by Crippen LogP contribution is 2.34. The largest absolute Gasteiger partial charge is 0.397 e. The third-order valence-corrected chi connectivity index (χ3v) is 3.48. The summed E-state index contributed by atoms with van der Waals surface area (Å²) in [4.78, 5) is 12.7. The Bertz CT molecular complexity index is 487. The molecular weight excluding hydrogens is 252 g/mol. The van der Waals surface area contributed by atoms with Gasteiger partial charge in [-0.15, -0.1) is 0 Å². The molecule has 0 aromatic heterocycles. The molecule has 1 saturated carbocycles. The molecule has 4 nitrogen and oxygen atoms in total. The van der Waals surface area contributed by atoms with Crippen molar-refractivity contribution in [3.05, 3.63) is 23.8 Å². The van der Waals surface area contributed by atoms with Crippen LogP contribution in [-0.4, -0.2) is 18.5 Å². The van der Waals surface area contributed by atoms with Crippen molar-refractivity contribution in [3.63, 3.8) is 0 Å². The number of rotatable bonds is 4. The average molecular weight is 269 g/mol. The van der Waals surface area contributed by atoms with Crippen LogP contribution in [-0.2, 0) is 4.79 Å². The van der Waals surface area contributed by atoms with Crippen molar-refractivity contribution in [1.29, 1.82) is 0 Å². The van der Waals surface area contributed by atoms with Crippen LogP contribution < -0.4 is 16.4 Å². The molecule has 0 radical (unpaired) electrons. The summed E-state index contributed by atoms with van der Waals surface area (Å²) in [6.07, 6.45) is 3.64. The fourth-order valence-corrected chi connectivity index (χ4v) is 2.62. The van der Waals surface area contributed by atoms with Gasteiger partial charge in [0.05, 0.1) is 12.2 Å². The summed E-state index contributed by atoms with van der Waals surface area (Å²) >= 11 is 0. The SMILES string of the molecule is NC(=O)CN(c1c(N)ccc(F)c1F)C1CCCC1. The first-order chi connectivity index (χ1) is 9.00. The van der Waals surface area contributed by atoms with Gasteiger partial charge >= 0.3 is 0 Å². The number of primary amides is 1. The van der Waals surface area contributed by atoms with Crippen molar-refractivity contribution in [3.8, 4) is 0 Å². The molecule has 0 bridgehead atoms. The van der Waals surface area contributed by atoms with Crippen LogP contribution in [0.2, 0.25) is 0 Å². The standard InChI is InChI=1S/C13H17F2N3O/c14-9-5-6-10(16)13(12(9)15)18(7-11(17)19)8-3-1-2-4-8/h5-6,8H,1-4,7,16H2,(H2,17,19). The molecule has 0 spiro atoms. The molecule has 1 aromatic rings. The van der Waals surface area contributed by atoms with Gasteiger partial charge in [0.2, 0.25) is 5.91 Å². The van der Waals surface area contributed by atoms with Gasteiger partial charge in [0.15, 0.2) is 11.6 Å². The van der Waals surface area contributed by atoms with Crippen LogP contribution in [0.4, 0.5) is 20.2 Å². The van der Waals surface area contributed by atoms with Gasteiger partial charge in [0, 0.05) is 6.04 Å². The van der Waals surface area contributed by atoms with Crippen LogP contribution in [0, 0.1) is 11.6 Å². The summed E-state index contributed by atoms with van der Waals surface area (Å²) in [6.45, 7) is -0.158. The van der Waals surface area contributed by atoms with E-state index in [9.17, 15) is 13.6 Å². The van der Waals surface area contributed by atoms with E-state index < -0.39 is 17.5 Å². The van der Waals surface area contributed by atoms with E-state index in [2.05, 4.69) is 0 Å². The minimum absolute atomic E-state index is 0.0221. The lowest BCUT2D eigenvalue weighted by atomic mass is 10.1. The van der Waals surface area contributed by atoms with Crippen LogP contribution in [0.25, 0.3) is 0 Å². The summed E-state index contributed by atoms with van der Waals surface area (Å²) in [5, 5.41) is 0. The third kappa shape index (κ3) is 2.77. The van der Waals surface area contributed by atoms with Crippen molar-refractivity contribution < 1.29 is 13.6 Å². The number of nitrogens with zero attached hydrogens (tertiary/aromatic N) is 1. The zero-order valence-corrected chi connectivity index (χ0v) is 10.5. The van der Waals surface area contributed by atoms with Crippen molar-refractivity contribution in [2.75, 3.05) is 17.2 Å². The number of carbonyl (C=O) groups is 1. The molecule has 0 heterocycles. The van der Waals surface area contributed by atoms with Gasteiger partial charge in [0.25, 0.3) is 0 Å². The number of hydrogen-bond acceptors (Lipinski definition) is 3. The Morgan fingerprint density at radius 3 is 2.53 bits per heavy atom. The Morgan fingerprint density at radius 1 is 1.32 bits per heavy atom. The minimum atomic E-state index is -1.02. The van der Waals surface area contributed by atoms with Gasteiger partial charge in [0.1, 0.15) is 5.69 Å². The van der Waals surface area contributed by atoms with E-state index >= 15 is 0 Å². The maximum Gasteiger partial charge on any atom is 0.236 e. The minimum Gasteiger partial charge on any atom is -0.397 e. The third-order valence-electron chi connectivity index (χ3n) is 3.48. The van der Waals surface area contributed by atoms with Gasteiger partial charge in [-0.1, -0.05) is 12.8 Å². The first-order valence-electron chi connectivity index (χ1n) is 6.29. The molecule has 4 N–H and O–H groups in total. The summed E-state index contributed by atoms with van der Waals surface area (Å²) in [5.41, 5.74) is 11.0. The molecule has 0 aliphatic heterocycles. The highest BCUT2D eigenvalue weighted by Gasteiger charge is 2.28. The maximum atomic E-state index is 14.0. The summed E-state index contributed by atoms with van der Waals surface area (Å²) in [5.74, 6) is -2.58. The zero-order valence-electron chi connectivity index (χ0n) is 10.5. The number of halogens is 2. The second-order valence-electron chi connectivity index (χ2n) is 4.83. The van der Waals surface area contributed by atoms with E-state index in [-0.39, 0.29) is 24.0 Å². The summed E-state index contributed by atoms with van der Waals surface area (Å²) in [6, 6.07) is 2.26. The lowest BCUT2D eigenvalue weighted by molar-refractivity contribution is -0.116. The highest BCUT2D eigenvalue weighted by atomic mass is 19.2. The fraction of sp³-hybridized carbons (Fsp3) is 0.462. The van der Waals surface area contributed by atoms with Gasteiger partial charge in [-0.3, -0.25) is 4.79 Å². The predicted octanol–water partition coefficient (Wildman–Crippen LogP) is 1.78. The van der Waals surface area contributed by atoms with Gasteiger partial charge in [-0.2, -0.15) is 0 Å². The second kappa shape index (κ2) is 5.42. The highest BCUT2D eigenvalue weighted by molar-refractivity contribution is 5.82. The number of anilines is 2. The number of benzene rings is 1. The molecular formula is C13H17F2N3O. The van der Waals surface area contributed by atoms with E-state index in [1.165, 1.54) is 11.0 Å². The van der Waals surface area contributed by atoms with Crippen LogP contribution >= 0.6 is 0 Å². The molecule has 2 rings (SSSR count). The number of nitrogen functional groups attached to an aromatic ring is 1. The Labute approximate surface area is 110 Å². The lowest BCUT2D eigenvalue weighted by Gasteiger charge is -2.31. The van der Waals surface area contributed by atoms with Crippen LogP contribution in [0.3, 0.4) is 0 Å². The molecule has 0 saturated heterocycles. The fourth-order valence-electron chi connectivity index (χ4n) is 2.62. The monoisotopic (exact) mass is 269 g/mol. The van der Waals surface area contributed by atoms with E-state index in [0.717, 1.165) is 31.7 Å². The van der Waals surface area contributed by atoms with E-state index in [1.54, 1.807) is 0 Å². The average Bonchev–Trinajstić information content (AvgIpc) is 2.86. The molecule has 0 atom stereocenters. The number of carbonyl (C=O) groups excluding carboxylic acids is 1. The van der Waals surface area contributed by atoms with Gasteiger partial charge in [-0.05, 0) is 25.0 Å². The smallest absolute Gasteiger partial charge is 0.236 e. The summed E-state index contributed by atoms with van der Waals surface area (Å²) < 4.78 is 27.3. The first kappa shape index (κ1) is 13.6. The van der Waals surface area contributed by atoms with Crippen molar-refractivity contribution >= 4 is 17.3 Å². The van der Waals surface area contributed by atoms with E-state index in [1.807, 2.05) is 0 Å². The topological polar surface area (TPSA) is 72.4 Å². The molecule has 1 amide bonds. The number of nitrogens with two attached hydrogens (primary N) is 2. The molecule has 6 heteroatoms. The molecule has 1 aliphatic carbocycles. The quantitative estimate of drug-likeness (QED) is 0.818. The van der Waals surface area contributed by atoms with Crippen LogP contribution in [0.5, 0.6) is 0 Å². The number of hydrogen-bond donors (Lipinski definition) is 2. The van der Waals surface area contributed by atoms with Crippen molar-refractivity contribution in [1.82, 2.24) is 0 Å². The molecule has 19 heavy (non-hydrogen) atoms. The molecule has 1 aromatic carbocycles. The summed E-state index contributed by atoms with van der Waals surface area (Å²) in [7, 11) is 0. The molecule has 0 unspecified atom stereocenters. The van der Waals surface area contributed by atoms with Crippen molar-refractivity contribution in [2.24, 2.45) is 5.73 Å². The first-order valence-corrected chi connectivity index (χ1v) is 6.29. The Kier molecular flexibility index (Phi) is 3.87. The van der Waals surface area contributed by atoms with E-state index in [0.29, 0.717) is 0 Å². The predicted molar refractivity (Wildman–Crippen MR) is 69.6 cm³/mol. The molecule has 104 valence electrons. The maximum absolute atomic E-state index is 14.0.